The summed E-state index contributed by atoms with van der Waals surface area (Å²) in [6, 6.07) is 17.6. The number of benzene rings is 2. The van der Waals surface area contributed by atoms with Gasteiger partial charge in [-0.2, -0.15) is 0 Å². The van der Waals surface area contributed by atoms with Gasteiger partial charge in [-0.1, -0.05) is 48.9 Å². The fraction of sp³-hybridized carbons (Fsp3) is 0.393. The van der Waals surface area contributed by atoms with E-state index in [1.165, 1.54) is 77.6 Å². The molecule has 1 aliphatic carbocycles. The van der Waals surface area contributed by atoms with Gasteiger partial charge in [0.25, 0.3) is 0 Å². The Kier molecular flexibility index (Phi) is 4.89. The SMILES string of the molecule is Cc1cc(-c2c(C)ccc3c2OC2(CCCCC2)CC3)[n+](C)cc1-c1ccccc1. The van der Waals surface area contributed by atoms with Gasteiger partial charge in [-0.05, 0) is 74.6 Å². The minimum absolute atomic E-state index is 0.0609. The third-order valence-corrected chi connectivity index (χ3v) is 7.20. The standard InChI is InChI=1S/C28H32NO/c1-20-12-13-23-14-17-28(15-8-5-9-16-28)30-27(23)26(20)25-18-21(2)24(19-29(25)3)22-10-6-4-7-11-22/h4,6-7,10-13,18-19H,5,8-9,14-17H2,1-3H3/q+1. The van der Waals surface area contributed by atoms with Crippen LogP contribution in [0.25, 0.3) is 22.4 Å². The Labute approximate surface area is 180 Å². The van der Waals surface area contributed by atoms with E-state index in [9.17, 15) is 0 Å². The van der Waals surface area contributed by atoms with E-state index in [4.69, 9.17) is 4.74 Å². The van der Waals surface area contributed by atoms with E-state index in [1.807, 2.05) is 0 Å². The van der Waals surface area contributed by atoms with E-state index in [0.29, 0.717) is 0 Å². The lowest BCUT2D eigenvalue weighted by molar-refractivity contribution is -0.660. The van der Waals surface area contributed by atoms with E-state index < -0.39 is 0 Å². The van der Waals surface area contributed by atoms with Crippen molar-refractivity contribution in [2.75, 3.05) is 0 Å². The highest BCUT2D eigenvalue weighted by Gasteiger charge is 2.39. The van der Waals surface area contributed by atoms with Crippen molar-refractivity contribution in [3.05, 3.63) is 71.4 Å². The molecule has 0 N–H and O–H groups in total. The van der Waals surface area contributed by atoms with Crippen LogP contribution in [0.3, 0.4) is 0 Å². The summed E-state index contributed by atoms with van der Waals surface area (Å²) in [6.45, 7) is 4.45. The quantitative estimate of drug-likeness (QED) is 0.450. The predicted octanol–water partition coefficient (Wildman–Crippen LogP) is 6.49. The molecule has 0 bridgehead atoms. The number of hydrogen-bond acceptors (Lipinski definition) is 1. The summed E-state index contributed by atoms with van der Waals surface area (Å²) >= 11 is 0. The van der Waals surface area contributed by atoms with Crippen LogP contribution < -0.4 is 9.30 Å². The Hall–Kier alpha value is -2.61. The smallest absolute Gasteiger partial charge is 0.216 e. The van der Waals surface area contributed by atoms with E-state index in [2.05, 4.69) is 80.2 Å². The Bertz CT molecular complexity index is 1080. The van der Waals surface area contributed by atoms with Crippen LogP contribution in [0, 0.1) is 13.8 Å². The van der Waals surface area contributed by atoms with Crippen LogP contribution in [0.1, 0.15) is 55.2 Å². The summed E-state index contributed by atoms with van der Waals surface area (Å²) in [5, 5.41) is 0. The van der Waals surface area contributed by atoms with Gasteiger partial charge < -0.3 is 4.74 Å². The summed E-state index contributed by atoms with van der Waals surface area (Å²) in [7, 11) is 2.17. The molecule has 1 saturated carbocycles. The Morgan fingerprint density at radius 1 is 0.867 bits per heavy atom. The van der Waals surface area contributed by atoms with Crippen molar-refractivity contribution < 1.29 is 9.30 Å². The van der Waals surface area contributed by atoms with Gasteiger partial charge in [0.1, 0.15) is 18.4 Å². The number of hydrogen-bond donors (Lipinski definition) is 0. The maximum absolute atomic E-state index is 6.92. The molecule has 0 saturated heterocycles. The van der Waals surface area contributed by atoms with E-state index in [0.717, 1.165) is 12.2 Å². The zero-order valence-electron chi connectivity index (χ0n) is 18.5. The summed E-state index contributed by atoms with van der Waals surface area (Å²) < 4.78 is 9.20. The maximum atomic E-state index is 6.92. The molecule has 1 spiro atoms. The number of aromatic nitrogens is 1. The number of nitrogens with zero attached hydrogens (tertiary/aromatic N) is 1. The number of aryl methyl sites for hydroxylation is 4. The Morgan fingerprint density at radius 3 is 2.40 bits per heavy atom. The van der Waals surface area contributed by atoms with Gasteiger partial charge in [-0.15, -0.1) is 0 Å². The lowest BCUT2D eigenvalue weighted by Gasteiger charge is -2.42. The van der Waals surface area contributed by atoms with E-state index in [1.54, 1.807) is 0 Å². The highest BCUT2D eigenvalue weighted by Crippen LogP contribution is 2.46. The van der Waals surface area contributed by atoms with Gasteiger partial charge in [0.05, 0.1) is 5.56 Å². The van der Waals surface area contributed by atoms with Crippen LogP contribution in [0.15, 0.2) is 54.7 Å². The number of fused-ring (bicyclic) bond motifs is 1. The molecule has 3 aromatic rings. The first-order valence-electron chi connectivity index (χ1n) is 11.4. The summed E-state index contributed by atoms with van der Waals surface area (Å²) in [5.74, 6) is 1.14. The number of ether oxygens (including phenoxy) is 1. The molecule has 2 heterocycles. The molecular weight excluding hydrogens is 366 g/mol. The van der Waals surface area contributed by atoms with Crippen LogP contribution in [0.2, 0.25) is 0 Å². The molecule has 1 fully saturated rings. The molecule has 2 heteroatoms. The van der Waals surface area contributed by atoms with Crippen molar-refractivity contribution in [1.82, 2.24) is 0 Å². The van der Waals surface area contributed by atoms with Crippen LogP contribution in [-0.2, 0) is 13.5 Å². The van der Waals surface area contributed by atoms with Crippen molar-refractivity contribution in [3.8, 4) is 28.1 Å². The average Bonchev–Trinajstić information content (AvgIpc) is 2.76. The fourth-order valence-corrected chi connectivity index (χ4v) is 5.45. The maximum Gasteiger partial charge on any atom is 0.216 e. The normalized spacial score (nSPS) is 17.4. The molecule has 1 aromatic heterocycles. The van der Waals surface area contributed by atoms with Crippen LogP contribution >= 0.6 is 0 Å². The zero-order valence-corrected chi connectivity index (χ0v) is 18.5. The molecule has 2 aromatic carbocycles. The van der Waals surface area contributed by atoms with E-state index in [-0.39, 0.29) is 5.60 Å². The zero-order chi connectivity index (χ0) is 20.7. The minimum atomic E-state index is 0.0609. The average molecular weight is 399 g/mol. The molecule has 2 nitrogen and oxygen atoms in total. The Morgan fingerprint density at radius 2 is 1.63 bits per heavy atom. The van der Waals surface area contributed by atoms with Gasteiger partial charge in [0.15, 0.2) is 6.20 Å². The molecule has 5 rings (SSSR count). The largest absolute Gasteiger partial charge is 0.486 e. The molecule has 0 unspecified atom stereocenters. The molecule has 30 heavy (non-hydrogen) atoms. The molecule has 154 valence electrons. The third kappa shape index (κ3) is 3.33. The second-order valence-corrected chi connectivity index (χ2v) is 9.32. The number of pyridine rings is 1. The van der Waals surface area contributed by atoms with Gasteiger partial charge in [-0.3, -0.25) is 0 Å². The first-order valence-corrected chi connectivity index (χ1v) is 11.4. The summed E-state index contributed by atoms with van der Waals surface area (Å²) in [4.78, 5) is 0. The molecular formula is C28H32NO+. The fourth-order valence-electron chi connectivity index (χ4n) is 5.45. The summed E-state index contributed by atoms with van der Waals surface area (Å²) in [5.41, 5.74) is 9.10. The van der Waals surface area contributed by atoms with Crippen molar-refractivity contribution in [2.45, 2.75) is 64.4 Å². The predicted molar refractivity (Wildman–Crippen MR) is 123 cm³/mol. The van der Waals surface area contributed by atoms with Crippen molar-refractivity contribution >= 4 is 0 Å². The topological polar surface area (TPSA) is 13.1 Å². The van der Waals surface area contributed by atoms with Crippen molar-refractivity contribution in [1.29, 1.82) is 0 Å². The van der Waals surface area contributed by atoms with Gasteiger partial charge in [0, 0.05) is 11.6 Å². The summed E-state index contributed by atoms with van der Waals surface area (Å²) in [6.07, 6.45) is 10.9. The molecule has 0 atom stereocenters. The second kappa shape index (κ2) is 7.58. The van der Waals surface area contributed by atoms with Crippen LogP contribution in [0.4, 0.5) is 0 Å². The van der Waals surface area contributed by atoms with Crippen LogP contribution in [-0.4, -0.2) is 5.60 Å². The van der Waals surface area contributed by atoms with Crippen LogP contribution in [0.5, 0.6) is 5.75 Å². The molecule has 0 radical (unpaired) electrons. The highest BCUT2D eigenvalue weighted by atomic mass is 16.5. The minimum Gasteiger partial charge on any atom is -0.486 e. The third-order valence-electron chi connectivity index (χ3n) is 7.20. The molecule has 1 aliphatic heterocycles. The van der Waals surface area contributed by atoms with Gasteiger partial charge in [-0.25, -0.2) is 4.57 Å². The monoisotopic (exact) mass is 398 g/mol. The van der Waals surface area contributed by atoms with Gasteiger partial charge in [0.2, 0.25) is 5.69 Å². The molecule has 0 amide bonds. The molecule has 2 aliphatic rings. The Balaban J connectivity index is 1.63. The van der Waals surface area contributed by atoms with E-state index >= 15 is 0 Å². The first kappa shape index (κ1) is 19.4. The second-order valence-electron chi connectivity index (χ2n) is 9.32. The van der Waals surface area contributed by atoms with Gasteiger partial charge >= 0.3 is 0 Å². The van der Waals surface area contributed by atoms with Crippen molar-refractivity contribution in [3.63, 3.8) is 0 Å². The lowest BCUT2D eigenvalue weighted by Crippen LogP contribution is -2.42. The lowest BCUT2D eigenvalue weighted by atomic mass is 9.78. The first-order chi connectivity index (χ1) is 14.6. The number of rotatable bonds is 2. The van der Waals surface area contributed by atoms with Crippen molar-refractivity contribution in [2.24, 2.45) is 7.05 Å². The highest BCUT2D eigenvalue weighted by molar-refractivity contribution is 5.74.